The molecule has 11 heteroatoms. The highest BCUT2D eigenvalue weighted by atomic mass is 79.9. The lowest BCUT2D eigenvalue weighted by atomic mass is 10.0. The van der Waals surface area contributed by atoms with E-state index in [4.69, 9.17) is 16.3 Å². The Hall–Kier alpha value is -3.86. The topological polar surface area (TPSA) is 96.0 Å². The second-order valence-electron chi connectivity index (χ2n) is 10.1. The van der Waals surface area contributed by atoms with E-state index in [0.29, 0.717) is 26.5 Å². The fraction of sp³-hybridized carbons (Fsp3) is 0.212. The van der Waals surface area contributed by atoms with Crippen LogP contribution in [0.5, 0.6) is 5.75 Å². The van der Waals surface area contributed by atoms with Crippen molar-refractivity contribution in [3.05, 3.63) is 123 Å². The van der Waals surface area contributed by atoms with Gasteiger partial charge in [0.25, 0.3) is 10.0 Å². The summed E-state index contributed by atoms with van der Waals surface area (Å²) in [6.07, 6.45) is 0.208. The molecule has 0 saturated heterocycles. The fourth-order valence-electron chi connectivity index (χ4n) is 4.71. The van der Waals surface area contributed by atoms with E-state index in [0.717, 1.165) is 15.4 Å². The van der Waals surface area contributed by atoms with Gasteiger partial charge in [0.15, 0.2) is 0 Å². The number of anilines is 1. The Labute approximate surface area is 271 Å². The summed E-state index contributed by atoms with van der Waals surface area (Å²) >= 11 is 9.87. The van der Waals surface area contributed by atoms with Crippen molar-refractivity contribution in [1.82, 2.24) is 10.2 Å². The van der Waals surface area contributed by atoms with Gasteiger partial charge in [-0.1, -0.05) is 77.8 Å². The van der Waals surface area contributed by atoms with Crippen LogP contribution in [0.1, 0.15) is 16.7 Å². The maximum Gasteiger partial charge on any atom is 0.264 e. The summed E-state index contributed by atoms with van der Waals surface area (Å²) in [7, 11) is -1.27. The molecule has 0 radical (unpaired) electrons. The number of aryl methyl sites for hydroxylation is 1. The van der Waals surface area contributed by atoms with Gasteiger partial charge in [0.05, 0.1) is 22.2 Å². The minimum absolute atomic E-state index is 0.0146. The Balaban J connectivity index is 1.80. The number of benzene rings is 4. The van der Waals surface area contributed by atoms with Gasteiger partial charge in [0, 0.05) is 25.0 Å². The molecule has 4 aromatic carbocycles. The van der Waals surface area contributed by atoms with Crippen LogP contribution in [-0.4, -0.2) is 51.9 Å². The van der Waals surface area contributed by atoms with E-state index in [1.807, 2.05) is 37.3 Å². The Morgan fingerprint density at radius 3 is 2.23 bits per heavy atom. The SMILES string of the molecule is CNC(=O)[C@H](Cc1ccccc1)N(Cc1ccccc1Cl)C(=O)CN(c1ccc(C)cc1)S(=O)(=O)c1ccc(OC)c(Br)c1. The summed E-state index contributed by atoms with van der Waals surface area (Å²) in [5, 5.41) is 3.09. The van der Waals surface area contributed by atoms with Crippen molar-refractivity contribution in [3.63, 3.8) is 0 Å². The van der Waals surface area contributed by atoms with Gasteiger partial charge in [0.2, 0.25) is 11.8 Å². The highest BCUT2D eigenvalue weighted by Gasteiger charge is 2.34. The molecule has 0 aliphatic heterocycles. The molecule has 4 rings (SSSR count). The van der Waals surface area contributed by atoms with Crippen LogP contribution in [0.25, 0.3) is 0 Å². The van der Waals surface area contributed by atoms with Gasteiger partial charge < -0.3 is 15.0 Å². The van der Waals surface area contributed by atoms with Crippen LogP contribution in [0, 0.1) is 6.92 Å². The fourth-order valence-corrected chi connectivity index (χ4v) is 7.03. The van der Waals surface area contributed by atoms with E-state index >= 15 is 0 Å². The number of hydrogen-bond donors (Lipinski definition) is 1. The first-order chi connectivity index (χ1) is 21.0. The Morgan fingerprint density at radius 2 is 1.61 bits per heavy atom. The molecule has 2 amide bonds. The van der Waals surface area contributed by atoms with Crippen molar-refractivity contribution >= 4 is 55.1 Å². The standard InChI is InChI=1S/C33H33BrClN3O5S/c1-23-13-15-26(16-14-23)38(44(41,42)27-17-18-31(43-3)28(34)20-27)22-32(39)37(21-25-11-7-8-12-29(25)35)30(33(40)36-2)19-24-9-5-4-6-10-24/h4-18,20,30H,19,21-22H2,1-3H3,(H,36,40)/t30-/m0/s1. The number of methoxy groups -OCH3 is 1. The maximum atomic E-state index is 14.4. The Kier molecular flexibility index (Phi) is 11.1. The van der Waals surface area contributed by atoms with Gasteiger partial charge in [-0.05, 0) is 70.4 Å². The van der Waals surface area contributed by atoms with Crippen LogP contribution >= 0.6 is 27.5 Å². The predicted octanol–water partition coefficient (Wildman–Crippen LogP) is 6.00. The lowest BCUT2D eigenvalue weighted by Gasteiger charge is -2.33. The average molecular weight is 699 g/mol. The van der Waals surface area contributed by atoms with E-state index < -0.39 is 34.4 Å². The molecule has 0 heterocycles. The number of nitrogens with one attached hydrogen (secondary N) is 1. The smallest absolute Gasteiger partial charge is 0.264 e. The van der Waals surface area contributed by atoms with E-state index in [9.17, 15) is 18.0 Å². The van der Waals surface area contributed by atoms with Gasteiger partial charge in [-0.25, -0.2) is 8.42 Å². The van der Waals surface area contributed by atoms with Crippen molar-refractivity contribution in [3.8, 4) is 5.75 Å². The number of ether oxygens (including phenoxy) is 1. The second kappa shape index (κ2) is 14.7. The van der Waals surface area contributed by atoms with E-state index in [2.05, 4.69) is 21.2 Å². The summed E-state index contributed by atoms with van der Waals surface area (Å²) in [4.78, 5) is 29.1. The van der Waals surface area contributed by atoms with Crippen LogP contribution in [-0.2, 0) is 32.6 Å². The highest BCUT2D eigenvalue weighted by Crippen LogP contribution is 2.31. The number of nitrogens with zero attached hydrogens (tertiary/aromatic N) is 2. The lowest BCUT2D eigenvalue weighted by Crippen LogP contribution is -2.53. The summed E-state index contributed by atoms with van der Waals surface area (Å²) in [6.45, 7) is 1.30. The number of amides is 2. The largest absolute Gasteiger partial charge is 0.496 e. The molecular weight excluding hydrogens is 666 g/mol. The van der Waals surface area contributed by atoms with Gasteiger partial charge >= 0.3 is 0 Å². The van der Waals surface area contributed by atoms with Crippen molar-refractivity contribution < 1.29 is 22.7 Å². The predicted molar refractivity (Wildman–Crippen MR) is 176 cm³/mol. The maximum absolute atomic E-state index is 14.4. The molecule has 0 unspecified atom stereocenters. The highest BCUT2D eigenvalue weighted by molar-refractivity contribution is 9.10. The van der Waals surface area contributed by atoms with Crippen LogP contribution in [0.4, 0.5) is 5.69 Å². The van der Waals surface area contributed by atoms with Crippen LogP contribution < -0.4 is 14.4 Å². The molecule has 0 spiro atoms. The van der Waals surface area contributed by atoms with Crippen molar-refractivity contribution in [2.45, 2.75) is 30.8 Å². The van der Waals surface area contributed by atoms with Crippen LogP contribution in [0.3, 0.4) is 0 Å². The molecule has 0 aliphatic carbocycles. The summed E-state index contributed by atoms with van der Waals surface area (Å²) in [6, 6.07) is 26.7. The summed E-state index contributed by atoms with van der Waals surface area (Å²) in [5.41, 5.74) is 2.68. The normalized spacial score (nSPS) is 11.8. The Morgan fingerprint density at radius 1 is 0.955 bits per heavy atom. The number of carbonyl (C=O) groups excluding carboxylic acids is 2. The zero-order chi connectivity index (χ0) is 31.9. The third kappa shape index (κ3) is 7.80. The van der Waals surface area contributed by atoms with Crippen molar-refractivity contribution in [2.75, 3.05) is 25.0 Å². The second-order valence-corrected chi connectivity index (χ2v) is 13.2. The molecule has 8 nitrogen and oxygen atoms in total. The van der Waals surface area contributed by atoms with Crippen LogP contribution in [0.2, 0.25) is 5.02 Å². The molecule has 44 heavy (non-hydrogen) atoms. The number of hydrogen-bond acceptors (Lipinski definition) is 5. The molecule has 0 aromatic heterocycles. The summed E-state index contributed by atoms with van der Waals surface area (Å²) in [5.74, 6) is -0.508. The minimum Gasteiger partial charge on any atom is -0.496 e. The number of likely N-dealkylation sites (N-methyl/N-ethyl adjacent to an activating group) is 1. The van der Waals surface area contributed by atoms with E-state index in [-0.39, 0.29) is 17.9 Å². The molecule has 1 N–H and O–H groups in total. The molecule has 230 valence electrons. The van der Waals surface area contributed by atoms with Gasteiger partial charge in [-0.2, -0.15) is 0 Å². The van der Waals surface area contributed by atoms with Crippen LogP contribution in [0.15, 0.2) is 106 Å². The number of sulfonamides is 1. The summed E-state index contributed by atoms with van der Waals surface area (Å²) < 4.78 is 35.2. The van der Waals surface area contributed by atoms with Gasteiger partial charge in [-0.15, -0.1) is 0 Å². The zero-order valence-electron chi connectivity index (χ0n) is 24.5. The first kappa shape index (κ1) is 33.0. The molecule has 0 aliphatic rings. The first-order valence-corrected chi connectivity index (χ1v) is 16.4. The van der Waals surface area contributed by atoms with Gasteiger partial charge in [0.1, 0.15) is 18.3 Å². The molecular formula is C33H33BrClN3O5S. The molecule has 0 fully saturated rings. The quantitative estimate of drug-likeness (QED) is 0.196. The van der Waals surface area contributed by atoms with E-state index in [1.54, 1.807) is 48.5 Å². The number of halogens is 2. The average Bonchev–Trinajstić information content (AvgIpc) is 3.02. The molecule has 0 saturated carbocycles. The molecule has 0 bridgehead atoms. The zero-order valence-corrected chi connectivity index (χ0v) is 27.7. The third-order valence-electron chi connectivity index (χ3n) is 7.13. The third-order valence-corrected chi connectivity index (χ3v) is 9.89. The van der Waals surface area contributed by atoms with Crippen molar-refractivity contribution in [1.29, 1.82) is 0 Å². The minimum atomic E-state index is -4.26. The molecule has 1 atom stereocenters. The van der Waals surface area contributed by atoms with E-state index in [1.165, 1.54) is 37.3 Å². The number of carbonyl (C=O) groups is 2. The molecule has 4 aromatic rings. The number of rotatable bonds is 12. The monoisotopic (exact) mass is 697 g/mol. The van der Waals surface area contributed by atoms with Gasteiger partial charge in [-0.3, -0.25) is 13.9 Å². The lowest BCUT2D eigenvalue weighted by molar-refractivity contribution is -0.139. The Bertz CT molecular complexity index is 1720. The first-order valence-electron chi connectivity index (χ1n) is 13.8. The van der Waals surface area contributed by atoms with Crippen molar-refractivity contribution in [2.24, 2.45) is 0 Å².